The third kappa shape index (κ3) is 5.05. The summed E-state index contributed by atoms with van der Waals surface area (Å²) in [6.07, 6.45) is 5.23. The molecule has 6 nitrogen and oxygen atoms in total. The predicted molar refractivity (Wildman–Crippen MR) is 79.9 cm³/mol. The number of carbonyl (C=O) groups excluding carboxylic acids is 1. The highest BCUT2D eigenvalue weighted by Gasteiger charge is 2.11. The van der Waals surface area contributed by atoms with E-state index >= 15 is 0 Å². The molecule has 0 fully saturated rings. The van der Waals surface area contributed by atoms with Gasteiger partial charge in [-0.15, -0.1) is 6.58 Å². The summed E-state index contributed by atoms with van der Waals surface area (Å²) in [5, 5.41) is 9.90. The first-order valence-electron chi connectivity index (χ1n) is 6.83. The summed E-state index contributed by atoms with van der Waals surface area (Å²) in [6, 6.07) is 1.74. The van der Waals surface area contributed by atoms with E-state index in [0.29, 0.717) is 12.4 Å². The van der Waals surface area contributed by atoms with E-state index < -0.39 is 0 Å². The molecule has 0 saturated heterocycles. The molecule has 112 valence electrons. The quantitative estimate of drug-likeness (QED) is 0.719. The monoisotopic (exact) mass is 280 g/mol. The number of ether oxygens (including phenoxy) is 1. The van der Waals surface area contributed by atoms with Gasteiger partial charge in [0.1, 0.15) is 0 Å². The second kappa shape index (κ2) is 8.37. The molecule has 0 bridgehead atoms. The minimum absolute atomic E-state index is 0.0991. The van der Waals surface area contributed by atoms with Gasteiger partial charge in [0.05, 0.1) is 12.6 Å². The number of urea groups is 1. The molecule has 0 aliphatic rings. The van der Waals surface area contributed by atoms with Gasteiger partial charge in [-0.3, -0.25) is 10.00 Å². The smallest absolute Gasteiger partial charge is 0.320 e. The third-order valence-electron chi connectivity index (χ3n) is 2.99. The molecule has 1 aromatic rings. The summed E-state index contributed by atoms with van der Waals surface area (Å²) in [5.74, 6) is 0.527. The molecule has 0 spiro atoms. The molecule has 0 unspecified atom stereocenters. The van der Waals surface area contributed by atoms with Crippen LogP contribution in [0.4, 0.5) is 10.6 Å². The average Bonchev–Trinajstić information content (AvgIpc) is 2.87. The van der Waals surface area contributed by atoms with Crippen molar-refractivity contribution in [2.45, 2.75) is 38.8 Å². The molecule has 2 amide bonds. The Bertz CT molecular complexity index is 431. The summed E-state index contributed by atoms with van der Waals surface area (Å²) in [7, 11) is 1.65. The van der Waals surface area contributed by atoms with Crippen LogP contribution in [0.2, 0.25) is 0 Å². The van der Waals surface area contributed by atoms with E-state index in [0.717, 1.165) is 12.8 Å². The van der Waals surface area contributed by atoms with Crippen LogP contribution in [0.25, 0.3) is 0 Å². The van der Waals surface area contributed by atoms with Gasteiger partial charge in [0.15, 0.2) is 5.82 Å². The minimum atomic E-state index is -0.247. The zero-order valence-electron chi connectivity index (χ0n) is 12.4. The van der Waals surface area contributed by atoms with Gasteiger partial charge in [0.2, 0.25) is 0 Å². The molecule has 1 heterocycles. The van der Waals surface area contributed by atoms with Gasteiger partial charge in [-0.2, -0.15) is 5.10 Å². The Hall–Kier alpha value is -1.82. The van der Waals surface area contributed by atoms with Gasteiger partial charge >= 0.3 is 6.03 Å². The van der Waals surface area contributed by atoms with E-state index in [-0.39, 0.29) is 18.1 Å². The van der Waals surface area contributed by atoms with Crippen molar-refractivity contribution in [2.24, 2.45) is 0 Å². The summed E-state index contributed by atoms with van der Waals surface area (Å²) in [6.45, 7) is 8.28. The third-order valence-corrected chi connectivity index (χ3v) is 2.99. The standard InChI is InChI=1S/C14H24N4O2/c1-5-7-12(6-2)15-14(19)16-13-8-9-18(17-13)11(3)10-20-4/h5,8-9,11-12H,1,6-7,10H2,2-4H3,(H2,15,16,17,19)/t11-,12-/m0/s1. The van der Waals surface area contributed by atoms with Crippen LogP contribution in [-0.2, 0) is 4.74 Å². The van der Waals surface area contributed by atoms with E-state index in [1.54, 1.807) is 23.9 Å². The molecule has 0 aliphatic carbocycles. The van der Waals surface area contributed by atoms with Gasteiger partial charge in [-0.25, -0.2) is 4.79 Å². The maximum Gasteiger partial charge on any atom is 0.320 e. The number of nitrogens with zero attached hydrogens (tertiary/aromatic N) is 2. The molecule has 2 atom stereocenters. The summed E-state index contributed by atoms with van der Waals surface area (Å²) >= 11 is 0. The fourth-order valence-electron chi connectivity index (χ4n) is 1.83. The van der Waals surface area contributed by atoms with Crippen LogP contribution < -0.4 is 10.6 Å². The molecule has 0 saturated carbocycles. The van der Waals surface area contributed by atoms with Crippen LogP contribution in [0.1, 0.15) is 32.7 Å². The average molecular weight is 280 g/mol. The molecule has 20 heavy (non-hydrogen) atoms. The predicted octanol–water partition coefficient (Wildman–Crippen LogP) is 2.57. The van der Waals surface area contributed by atoms with Crippen molar-refractivity contribution in [1.82, 2.24) is 15.1 Å². The van der Waals surface area contributed by atoms with E-state index in [1.165, 1.54) is 0 Å². The summed E-state index contributed by atoms with van der Waals surface area (Å²) in [4.78, 5) is 11.8. The molecular weight excluding hydrogens is 256 g/mol. The first-order chi connectivity index (χ1) is 9.60. The molecule has 2 N–H and O–H groups in total. The van der Waals surface area contributed by atoms with E-state index in [2.05, 4.69) is 22.3 Å². The number of aromatic nitrogens is 2. The molecular formula is C14H24N4O2. The number of anilines is 1. The summed E-state index contributed by atoms with van der Waals surface area (Å²) < 4.78 is 6.84. The fraction of sp³-hybridized carbons (Fsp3) is 0.571. The van der Waals surface area contributed by atoms with E-state index in [4.69, 9.17) is 4.74 Å². The molecule has 0 aromatic carbocycles. The Labute approximate surface area is 120 Å². The van der Waals surface area contributed by atoms with Crippen molar-refractivity contribution in [3.63, 3.8) is 0 Å². The molecule has 1 aromatic heterocycles. The van der Waals surface area contributed by atoms with Crippen LogP contribution in [0.5, 0.6) is 0 Å². The van der Waals surface area contributed by atoms with Gasteiger partial charge in [0, 0.05) is 25.4 Å². The SMILES string of the molecule is C=CC[C@H](CC)NC(=O)Nc1ccn([C@@H](C)COC)n1. The van der Waals surface area contributed by atoms with Crippen molar-refractivity contribution in [2.75, 3.05) is 19.0 Å². The normalized spacial score (nSPS) is 13.6. The Morgan fingerprint density at radius 1 is 1.65 bits per heavy atom. The highest BCUT2D eigenvalue weighted by molar-refractivity contribution is 5.88. The van der Waals surface area contributed by atoms with Crippen molar-refractivity contribution < 1.29 is 9.53 Å². The Balaban J connectivity index is 2.51. The second-order valence-corrected chi connectivity index (χ2v) is 4.71. The van der Waals surface area contributed by atoms with Crippen molar-refractivity contribution in [1.29, 1.82) is 0 Å². The molecule has 0 aliphatic heterocycles. The number of hydrogen-bond donors (Lipinski definition) is 2. The lowest BCUT2D eigenvalue weighted by molar-refractivity contribution is 0.157. The number of rotatable bonds is 8. The zero-order chi connectivity index (χ0) is 15.0. The molecule has 1 rings (SSSR count). The lowest BCUT2D eigenvalue weighted by Gasteiger charge is -2.15. The van der Waals surface area contributed by atoms with Crippen molar-refractivity contribution in [3.05, 3.63) is 24.9 Å². The van der Waals surface area contributed by atoms with Crippen LogP contribution >= 0.6 is 0 Å². The van der Waals surface area contributed by atoms with Gasteiger partial charge in [-0.1, -0.05) is 13.0 Å². The number of methoxy groups -OCH3 is 1. The topological polar surface area (TPSA) is 68.2 Å². The van der Waals surface area contributed by atoms with Gasteiger partial charge in [-0.05, 0) is 19.8 Å². The zero-order valence-corrected chi connectivity index (χ0v) is 12.4. The van der Waals surface area contributed by atoms with E-state index in [9.17, 15) is 4.79 Å². The van der Waals surface area contributed by atoms with Crippen LogP contribution in [0.3, 0.4) is 0 Å². The van der Waals surface area contributed by atoms with Gasteiger partial charge < -0.3 is 10.1 Å². The maximum absolute atomic E-state index is 11.8. The number of hydrogen-bond acceptors (Lipinski definition) is 3. The Morgan fingerprint density at radius 3 is 3.00 bits per heavy atom. The molecule has 0 radical (unpaired) electrons. The maximum atomic E-state index is 11.8. The van der Waals surface area contributed by atoms with Crippen molar-refractivity contribution >= 4 is 11.8 Å². The second-order valence-electron chi connectivity index (χ2n) is 4.71. The molecule has 6 heteroatoms. The number of amides is 2. The van der Waals surface area contributed by atoms with E-state index in [1.807, 2.05) is 20.0 Å². The Morgan fingerprint density at radius 2 is 2.40 bits per heavy atom. The highest BCUT2D eigenvalue weighted by atomic mass is 16.5. The van der Waals surface area contributed by atoms with Crippen LogP contribution in [0, 0.1) is 0 Å². The Kier molecular flexibility index (Phi) is 6.79. The summed E-state index contributed by atoms with van der Waals surface area (Å²) in [5.41, 5.74) is 0. The fourth-order valence-corrected chi connectivity index (χ4v) is 1.83. The first-order valence-corrected chi connectivity index (χ1v) is 6.83. The van der Waals surface area contributed by atoms with Crippen LogP contribution in [-0.4, -0.2) is 35.6 Å². The number of carbonyl (C=O) groups is 1. The lowest BCUT2D eigenvalue weighted by Crippen LogP contribution is -2.37. The van der Waals surface area contributed by atoms with Gasteiger partial charge in [0.25, 0.3) is 0 Å². The number of nitrogens with one attached hydrogen (secondary N) is 2. The largest absolute Gasteiger partial charge is 0.382 e. The first kappa shape index (κ1) is 16.2. The van der Waals surface area contributed by atoms with Crippen LogP contribution in [0.15, 0.2) is 24.9 Å². The lowest BCUT2D eigenvalue weighted by atomic mass is 10.1. The van der Waals surface area contributed by atoms with Crippen molar-refractivity contribution in [3.8, 4) is 0 Å². The highest BCUT2D eigenvalue weighted by Crippen LogP contribution is 2.09. The minimum Gasteiger partial charge on any atom is -0.382 e.